The number of thiocarbonyl (C=S) groups is 1. The van der Waals surface area contributed by atoms with Gasteiger partial charge in [-0.05, 0) is 43.0 Å². The van der Waals surface area contributed by atoms with Crippen LogP contribution >= 0.6 is 12.2 Å². The molecule has 0 bridgehead atoms. The third kappa shape index (κ3) is 5.42. The number of amides is 1. The number of hydrogen-bond acceptors (Lipinski definition) is 4. The van der Waals surface area contributed by atoms with Gasteiger partial charge in [-0.15, -0.1) is 0 Å². The van der Waals surface area contributed by atoms with Crippen molar-refractivity contribution in [2.45, 2.75) is 83.6 Å². The van der Waals surface area contributed by atoms with Crippen molar-refractivity contribution in [3.05, 3.63) is 35.9 Å². The molecule has 3 aliphatic heterocycles. The van der Waals surface area contributed by atoms with Gasteiger partial charge in [0.15, 0.2) is 5.11 Å². The van der Waals surface area contributed by atoms with Crippen LogP contribution in [0.25, 0.3) is 0 Å². The van der Waals surface area contributed by atoms with Gasteiger partial charge in [0, 0.05) is 58.2 Å². The number of piperidine rings is 2. The predicted octanol–water partition coefficient (Wildman–Crippen LogP) is 3.57. The molecule has 3 aliphatic rings. The number of hydrogen-bond donors (Lipinski definition) is 2. The maximum Gasteiger partial charge on any atom is 0.241 e. The molecule has 7 heteroatoms. The topological polar surface area (TPSA) is 50.9 Å². The van der Waals surface area contributed by atoms with E-state index in [0.717, 1.165) is 82.9 Å². The molecule has 0 unspecified atom stereocenters. The second kappa shape index (κ2) is 11.4. The van der Waals surface area contributed by atoms with E-state index in [1.54, 1.807) is 0 Å². The molecule has 0 saturated carbocycles. The van der Waals surface area contributed by atoms with Gasteiger partial charge < -0.3 is 15.1 Å². The Bertz CT molecular complexity index is 818. The highest BCUT2D eigenvalue weighted by atomic mass is 32.1. The summed E-state index contributed by atoms with van der Waals surface area (Å²) >= 11 is 5.64. The lowest BCUT2D eigenvalue weighted by atomic mass is 9.92. The van der Waals surface area contributed by atoms with Gasteiger partial charge in [0.1, 0.15) is 0 Å². The number of nitrogens with zero attached hydrogens (tertiary/aromatic N) is 3. The summed E-state index contributed by atoms with van der Waals surface area (Å²) in [7, 11) is 0. The lowest BCUT2D eigenvalue weighted by Crippen LogP contribution is -2.63. The summed E-state index contributed by atoms with van der Waals surface area (Å²) in [5.74, 6) is 0.675. The molecule has 1 spiro atoms. The van der Waals surface area contributed by atoms with E-state index in [4.69, 9.17) is 12.2 Å². The van der Waals surface area contributed by atoms with Gasteiger partial charge >= 0.3 is 0 Å². The van der Waals surface area contributed by atoms with Gasteiger partial charge in [0.05, 0.1) is 11.7 Å². The van der Waals surface area contributed by atoms with Gasteiger partial charge in [0.2, 0.25) is 5.91 Å². The fraction of sp³-hybridized carbons (Fsp3) is 0.704. The standard InChI is InChI=1S/C27H43N5OS/c1-4-15-28-26(34)31-18-13-27(14-19-31)29-24(21(3)5-2)25(33)32(27)23-11-16-30(17-12-23)20-22-9-7-6-8-10-22/h6-10,21,23-24,29H,4-5,11-20H2,1-3H3,(H,28,34)/t21-,24+/m0/s1. The molecule has 0 radical (unpaired) electrons. The molecular formula is C27H43N5OS. The van der Waals surface area contributed by atoms with Crippen molar-refractivity contribution in [1.29, 1.82) is 0 Å². The third-order valence-corrected chi connectivity index (χ3v) is 8.58. The maximum absolute atomic E-state index is 13.8. The Labute approximate surface area is 211 Å². The van der Waals surface area contributed by atoms with Crippen LogP contribution in [0.15, 0.2) is 30.3 Å². The lowest BCUT2D eigenvalue weighted by molar-refractivity contribution is -0.138. The zero-order valence-corrected chi connectivity index (χ0v) is 22.1. The first-order valence-corrected chi connectivity index (χ1v) is 13.8. The summed E-state index contributed by atoms with van der Waals surface area (Å²) in [5, 5.41) is 8.12. The molecule has 1 aromatic rings. The fourth-order valence-electron chi connectivity index (χ4n) is 5.92. The first-order chi connectivity index (χ1) is 16.5. The van der Waals surface area contributed by atoms with Crippen LogP contribution in [-0.4, -0.2) is 76.2 Å². The molecule has 1 aromatic carbocycles. The SMILES string of the molecule is CCCNC(=S)N1CCC2(CC1)N[C@H]([C@@H](C)CC)C(=O)N2C1CCN(Cc2ccccc2)CC1. The summed E-state index contributed by atoms with van der Waals surface area (Å²) in [6, 6.07) is 11.0. The molecule has 34 heavy (non-hydrogen) atoms. The predicted molar refractivity (Wildman–Crippen MR) is 142 cm³/mol. The molecule has 3 fully saturated rings. The molecule has 0 aromatic heterocycles. The van der Waals surface area contributed by atoms with Crippen molar-refractivity contribution in [3.63, 3.8) is 0 Å². The number of rotatable bonds is 7. The molecular weight excluding hydrogens is 442 g/mol. The molecule has 3 heterocycles. The van der Waals surface area contributed by atoms with Gasteiger partial charge in [0.25, 0.3) is 0 Å². The van der Waals surface area contributed by atoms with E-state index >= 15 is 0 Å². The Kier molecular flexibility index (Phi) is 8.48. The Hall–Kier alpha value is -1.70. The second-order valence-corrected chi connectivity index (χ2v) is 10.8. The molecule has 4 rings (SSSR count). The zero-order valence-electron chi connectivity index (χ0n) is 21.3. The van der Waals surface area contributed by atoms with Crippen LogP contribution in [0.4, 0.5) is 0 Å². The Morgan fingerprint density at radius 2 is 1.82 bits per heavy atom. The Morgan fingerprint density at radius 3 is 2.44 bits per heavy atom. The van der Waals surface area contributed by atoms with Crippen LogP contribution in [0.3, 0.4) is 0 Å². The van der Waals surface area contributed by atoms with E-state index in [0.29, 0.717) is 17.9 Å². The number of carbonyl (C=O) groups is 1. The van der Waals surface area contributed by atoms with E-state index in [9.17, 15) is 4.79 Å². The van der Waals surface area contributed by atoms with E-state index in [1.807, 2.05) is 0 Å². The monoisotopic (exact) mass is 485 g/mol. The fourth-order valence-corrected chi connectivity index (χ4v) is 6.20. The first kappa shape index (κ1) is 25.4. The average molecular weight is 486 g/mol. The van der Waals surface area contributed by atoms with Gasteiger partial charge in [-0.1, -0.05) is 57.5 Å². The van der Waals surface area contributed by atoms with Crippen LogP contribution in [0, 0.1) is 5.92 Å². The van der Waals surface area contributed by atoms with Gasteiger partial charge in [-0.2, -0.15) is 0 Å². The summed E-state index contributed by atoms with van der Waals surface area (Å²) < 4.78 is 0. The largest absolute Gasteiger partial charge is 0.363 e. The summed E-state index contributed by atoms with van der Waals surface area (Å²) in [4.78, 5) is 20.9. The summed E-state index contributed by atoms with van der Waals surface area (Å²) in [6.45, 7) is 12.4. The normalized spacial score (nSPS) is 24.6. The highest BCUT2D eigenvalue weighted by Crippen LogP contribution is 2.38. The molecule has 0 aliphatic carbocycles. The summed E-state index contributed by atoms with van der Waals surface area (Å²) in [5.41, 5.74) is 1.14. The quantitative estimate of drug-likeness (QED) is 0.576. The zero-order chi connectivity index (χ0) is 24.1. The lowest BCUT2D eigenvalue weighted by Gasteiger charge is -2.49. The number of likely N-dealkylation sites (tertiary alicyclic amines) is 2. The van der Waals surface area contributed by atoms with E-state index in [2.05, 4.69) is 76.4 Å². The molecule has 2 N–H and O–H groups in total. The third-order valence-electron chi connectivity index (χ3n) is 8.18. The Morgan fingerprint density at radius 1 is 1.15 bits per heavy atom. The maximum atomic E-state index is 13.8. The van der Waals surface area contributed by atoms with Crippen LogP contribution in [-0.2, 0) is 11.3 Å². The molecule has 6 nitrogen and oxygen atoms in total. The second-order valence-electron chi connectivity index (χ2n) is 10.5. The van der Waals surface area contributed by atoms with E-state index in [-0.39, 0.29) is 11.7 Å². The van der Waals surface area contributed by atoms with E-state index in [1.165, 1.54) is 5.56 Å². The molecule has 3 saturated heterocycles. The minimum atomic E-state index is -0.228. The van der Waals surface area contributed by atoms with Crippen molar-refractivity contribution in [2.24, 2.45) is 5.92 Å². The van der Waals surface area contributed by atoms with Gasteiger partial charge in [-0.25, -0.2) is 0 Å². The number of nitrogens with one attached hydrogen (secondary N) is 2. The highest BCUT2D eigenvalue weighted by Gasteiger charge is 2.55. The molecule has 1 amide bonds. The minimum absolute atomic E-state index is 0.0657. The smallest absolute Gasteiger partial charge is 0.241 e. The first-order valence-electron chi connectivity index (χ1n) is 13.4. The number of benzene rings is 1. The van der Waals surface area contributed by atoms with Crippen LogP contribution in [0.5, 0.6) is 0 Å². The molecule has 188 valence electrons. The van der Waals surface area contributed by atoms with Crippen molar-refractivity contribution >= 4 is 23.2 Å². The van der Waals surface area contributed by atoms with Crippen LogP contribution < -0.4 is 10.6 Å². The van der Waals surface area contributed by atoms with Crippen LogP contribution in [0.2, 0.25) is 0 Å². The summed E-state index contributed by atoms with van der Waals surface area (Å²) in [6.07, 6.45) is 6.06. The van der Waals surface area contributed by atoms with Crippen molar-refractivity contribution in [1.82, 2.24) is 25.3 Å². The number of carbonyl (C=O) groups excluding carboxylic acids is 1. The minimum Gasteiger partial charge on any atom is -0.363 e. The average Bonchev–Trinajstić information content (AvgIpc) is 3.15. The van der Waals surface area contributed by atoms with Gasteiger partial charge in [-0.3, -0.25) is 15.0 Å². The van der Waals surface area contributed by atoms with Crippen molar-refractivity contribution < 1.29 is 4.79 Å². The van der Waals surface area contributed by atoms with Crippen molar-refractivity contribution in [3.8, 4) is 0 Å². The Balaban J connectivity index is 1.43. The van der Waals surface area contributed by atoms with Crippen molar-refractivity contribution in [2.75, 3.05) is 32.7 Å². The van der Waals surface area contributed by atoms with Crippen LogP contribution in [0.1, 0.15) is 64.9 Å². The highest BCUT2D eigenvalue weighted by molar-refractivity contribution is 7.80. The van der Waals surface area contributed by atoms with E-state index < -0.39 is 0 Å². The molecule has 2 atom stereocenters.